The number of rotatable bonds is 5. The number of nitrogens with zero attached hydrogens (tertiary/aromatic N) is 1. The van der Waals surface area contributed by atoms with Gasteiger partial charge in [0.2, 0.25) is 11.8 Å². The van der Waals surface area contributed by atoms with E-state index in [-0.39, 0.29) is 42.7 Å². The minimum atomic E-state index is -0.669. The maximum absolute atomic E-state index is 12.6. The standard InChI is InChI=1S/C24H27NO6/c1-13(2)18-10-19-15(9-21(26)31-20(19)8-14(18)3)12-30-22(27)11-25-23(28)16-6-4-5-7-17(16)24(25)29/h8-10,13,16-17H,4-7,11-12H2,1-3H3/t16-,17-/m0/s1. The van der Waals surface area contributed by atoms with E-state index >= 15 is 0 Å². The Hall–Kier alpha value is -2.96. The van der Waals surface area contributed by atoms with E-state index < -0.39 is 11.6 Å². The number of carbonyl (C=O) groups excluding carboxylic acids is 3. The van der Waals surface area contributed by atoms with Crippen LogP contribution in [0.25, 0.3) is 11.0 Å². The highest BCUT2D eigenvalue weighted by molar-refractivity contribution is 6.07. The molecule has 0 spiro atoms. The lowest BCUT2D eigenvalue weighted by Crippen LogP contribution is -2.36. The van der Waals surface area contributed by atoms with Crippen molar-refractivity contribution in [3.05, 3.63) is 45.3 Å². The van der Waals surface area contributed by atoms with E-state index in [4.69, 9.17) is 9.15 Å². The van der Waals surface area contributed by atoms with Gasteiger partial charge < -0.3 is 9.15 Å². The molecule has 2 aliphatic rings. The Labute approximate surface area is 180 Å². The molecule has 4 rings (SSSR count). The quantitative estimate of drug-likeness (QED) is 0.414. The normalized spacial score (nSPS) is 21.1. The van der Waals surface area contributed by atoms with Crippen LogP contribution in [0.1, 0.15) is 62.1 Å². The van der Waals surface area contributed by atoms with Crippen molar-refractivity contribution >= 4 is 28.8 Å². The van der Waals surface area contributed by atoms with Crippen LogP contribution in [0.5, 0.6) is 0 Å². The Morgan fingerprint density at radius 3 is 2.35 bits per heavy atom. The van der Waals surface area contributed by atoms with E-state index in [1.807, 2.05) is 19.1 Å². The largest absolute Gasteiger partial charge is 0.459 e. The lowest BCUT2D eigenvalue weighted by atomic mass is 9.81. The van der Waals surface area contributed by atoms with Crippen molar-refractivity contribution in [2.75, 3.05) is 6.54 Å². The monoisotopic (exact) mass is 425 g/mol. The van der Waals surface area contributed by atoms with E-state index in [2.05, 4.69) is 13.8 Å². The fraction of sp³-hybridized carbons (Fsp3) is 0.500. The fourth-order valence-corrected chi connectivity index (χ4v) is 4.85. The smallest absolute Gasteiger partial charge is 0.336 e. The molecule has 2 heterocycles. The molecule has 2 fully saturated rings. The van der Waals surface area contributed by atoms with E-state index in [9.17, 15) is 19.2 Å². The predicted octanol–water partition coefficient (Wildman–Crippen LogP) is 3.44. The highest BCUT2D eigenvalue weighted by Gasteiger charge is 2.48. The first-order valence-corrected chi connectivity index (χ1v) is 10.8. The van der Waals surface area contributed by atoms with Gasteiger partial charge in [-0.2, -0.15) is 0 Å². The first kappa shape index (κ1) is 21.3. The zero-order valence-corrected chi connectivity index (χ0v) is 18.1. The molecule has 2 aromatic rings. The molecule has 2 amide bonds. The third-order valence-electron chi connectivity index (χ3n) is 6.45. The summed E-state index contributed by atoms with van der Waals surface area (Å²) >= 11 is 0. The van der Waals surface area contributed by atoms with Gasteiger partial charge in [-0.25, -0.2) is 4.79 Å². The molecule has 1 aromatic heterocycles. The number of benzene rings is 1. The van der Waals surface area contributed by atoms with Crippen LogP contribution < -0.4 is 5.63 Å². The molecule has 0 unspecified atom stereocenters. The number of aryl methyl sites for hydroxylation is 1. The number of hydrogen-bond donors (Lipinski definition) is 0. The van der Waals surface area contributed by atoms with E-state index in [1.165, 1.54) is 6.07 Å². The van der Waals surface area contributed by atoms with Crippen LogP contribution in [0, 0.1) is 18.8 Å². The van der Waals surface area contributed by atoms with E-state index in [1.54, 1.807) is 0 Å². The molecule has 0 radical (unpaired) electrons. The summed E-state index contributed by atoms with van der Waals surface area (Å²) in [5, 5.41) is 0.709. The lowest BCUT2D eigenvalue weighted by Gasteiger charge is -2.19. The van der Waals surface area contributed by atoms with Crippen molar-refractivity contribution in [1.82, 2.24) is 4.90 Å². The molecule has 0 N–H and O–H groups in total. The fourth-order valence-electron chi connectivity index (χ4n) is 4.85. The molecular weight excluding hydrogens is 398 g/mol. The van der Waals surface area contributed by atoms with Crippen LogP contribution >= 0.6 is 0 Å². The maximum atomic E-state index is 12.6. The summed E-state index contributed by atoms with van der Waals surface area (Å²) < 4.78 is 10.7. The summed E-state index contributed by atoms with van der Waals surface area (Å²) in [6.07, 6.45) is 3.26. The summed E-state index contributed by atoms with van der Waals surface area (Å²) in [4.78, 5) is 50.6. The average molecular weight is 425 g/mol. The number of esters is 1. The summed E-state index contributed by atoms with van der Waals surface area (Å²) in [5.74, 6) is -1.52. The molecule has 1 aliphatic heterocycles. The Morgan fingerprint density at radius 2 is 1.74 bits per heavy atom. The van der Waals surface area contributed by atoms with Crippen molar-refractivity contribution < 1.29 is 23.5 Å². The van der Waals surface area contributed by atoms with E-state index in [0.717, 1.165) is 28.9 Å². The van der Waals surface area contributed by atoms with Crippen molar-refractivity contribution in [2.24, 2.45) is 11.8 Å². The van der Waals surface area contributed by atoms with Gasteiger partial charge in [0.1, 0.15) is 18.7 Å². The van der Waals surface area contributed by atoms with Gasteiger partial charge in [-0.15, -0.1) is 0 Å². The van der Waals surface area contributed by atoms with Gasteiger partial charge in [-0.3, -0.25) is 19.3 Å². The first-order valence-electron chi connectivity index (χ1n) is 10.8. The Morgan fingerprint density at radius 1 is 1.10 bits per heavy atom. The molecule has 31 heavy (non-hydrogen) atoms. The summed E-state index contributed by atoms with van der Waals surface area (Å²) in [7, 11) is 0. The molecule has 164 valence electrons. The van der Waals surface area contributed by atoms with E-state index in [0.29, 0.717) is 29.4 Å². The molecule has 7 nitrogen and oxygen atoms in total. The van der Waals surface area contributed by atoms with Gasteiger partial charge in [0.05, 0.1) is 11.8 Å². The topological polar surface area (TPSA) is 93.9 Å². The first-order chi connectivity index (χ1) is 14.8. The third-order valence-corrected chi connectivity index (χ3v) is 6.45. The number of imide groups is 1. The van der Waals surface area contributed by atoms with Crippen molar-refractivity contribution in [1.29, 1.82) is 0 Å². The highest BCUT2D eigenvalue weighted by Crippen LogP contribution is 2.38. The molecule has 2 atom stereocenters. The number of carbonyl (C=O) groups is 3. The second kappa shape index (κ2) is 8.29. The van der Waals surface area contributed by atoms with Crippen molar-refractivity contribution in [3.63, 3.8) is 0 Å². The third kappa shape index (κ3) is 4.01. The molecule has 1 aliphatic carbocycles. The Kier molecular flexibility index (Phi) is 5.69. The van der Waals surface area contributed by atoms with Crippen molar-refractivity contribution in [3.8, 4) is 0 Å². The summed E-state index contributed by atoms with van der Waals surface area (Å²) in [5.41, 5.74) is 2.59. The molecule has 1 saturated carbocycles. The number of likely N-dealkylation sites (tertiary alicyclic amines) is 1. The van der Waals surface area contributed by atoms with Crippen LogP contribution in [-0.2, 0) is 25.7 Å². The maximum Gasteiger partial charge on any atom is 0.336 e. The van der Waals surface area contributed by atoms with Crippen LogP contribution in [0.4, 0.5) is 0 Å². The van der Waals surface area contributed by atoms with Crippen LogP contribution in [-0.4, -0.2) is 29.2 Å². The van der Waals surface area contributed by atoms with Gasteiger partial charge in [0, 0.05) is 17.0 Å². The summed E-state index contributed by atoms with van der Waals surface area (Å²) in [6, 6.07) is 5.09. The second-order valence-electron chi connectivity index (χ2n) is 8.87. The predicted molar refractivity (Wildman–Crippen MR) is 113 cm³/mol. The number of ether oxygens (including phenoxy) is 1. The SMILES string of the molecule is Cc1cc2oc(=O)cc(COC(=O)CN3C(=O)[C@H]4CCCC[C@@H]4C3=O)c2cc1C(C)C. The molecular formula is C24H27NO6. The summed E-state index contributed by atoms with van der Waals surface area (Å²) in [6.45, 7) is 5.59. The second-order valence-corrected chi connectivity index (χ2v) is 8.87. The Bertz CT molecular complexity index is 1090. The molecule has 1 aromatic carbocycles. The minimum absolute atomic E-state index is 0.134. The number of amides is 2. The van der Waals surface area contributed by atoms with Gasteiger partial charge in [-0.1, -0.05) is 26.7 Å². The van der Waals surface area contributed by atoms with Crippen LogP contribution in [0.2, 0.25) is 0 Å². The number of fused-ring (bicyclic) bond motifs is 2. The molecule has 0 bridgehead atoms. The Balaban J connectivity index is 1.50. The van der Waals surface area contributed by atoms with Gasteiger partial charge in [-0.05, 0) is 48.9 Å². The van der Waals surface area contributed by atoms with Gasteiger partial charge in [0.25, 0.3) is 0 Å². The molecule has 1 saturated heterocycles. The molecule has 7 heteroatoms. The number of hydrogen-bond acceptors (Lipinski definition) is 6. The van der Waals surface area contributed by atoms with Gasteiger partial charge >= 0.3 is 11.6 Å². The van der Waals surface area contributed by atoms with Crippen molar-refractivity contribution in [2.45, 2.75) is 59.0 Å². The average Bonchev–Trinajstić information content (AvgIpc) is 2.96. The van der Waals surface area contributed by atoms with Crippen LogP contribution in [0.3, 0.4) is 0 Å². The minimum Gasteiger partial charge on any atom is -0.459 e. The van der Waals surface area contributed by atoms with Crippen LogP contribution in [0.15, 0.2) is 27.4 Å². The lowest BCUT2D eigenvalue weighted by molar-refractivity contribution is -0.153. The zero-order valence-electron chi connectivity index (χ0n) is 18.1. The highest BCUT2D eigenvalue weighted by atomic mass is 16.5. The zero-order chi connectivity index (χ0) is 22.3. The van der Waals surface area contributed by atoms with Gasteiger partial charge in [0.15, 0.2) is 0 Å².